The van der Waals surface area contributed by atoms with Crippen LogP contribution in [0.4, 0.5) is 0 Å². The molecule has 0 saturated heterocycles. The Hall–Kier alpha value is -1.76. The lowest BCUT2D eigenvalue weighted by molar-refractivity contribution is -0.899. The third-order valence-electron chi connectivity index (χ3n) is 4.19. The summed E-state index contributed by atoms with van der Waals surface area (Å²) >= 11 is 0. The molecule has 2 aromatic rings. The average Bonchev–Trinajstić information content (AvgIpc) is 2.56. The van der Waals surface area contributed by atoms with Gasteiger partial charge in [-0.3, -0.25) is 0 Å². The Morgan fingerprint density at radius 2 is 1.88 bits per heavy atom. The Labute approximate surface area is 153 Å². The largest absolute Gasteiger partial charge is 1.00 e. The predicted molar refractivity (Wildman–Crippen MR) is 92.2 cm³/mol. The van der Waals surface area contributed by atoms with Crippen molar-refractivity contribution in [3.63, 3.8) is 0 Å². The highest BCUT2D eigenvalue weighted by molar-refractivity contribution is 5.83. The van der Waals surface area contributed by atoms with Crippen molar-refractivity contribution in [3.8, 4) is 11.5 Å². The summed E-state index contributed by atoms with van der Waals surface area (Å²) in [5.74, 6) is 0.995. The van der Waals surface area contributed by atoms with E-state index >= 15 is 0 Å². The van der Waals surface area contributed by atoms with Gasteiger partial charge in [-0.15, -0.1) is 0 Å². The van der Waals surface area contributed by atoms with E-state index in [0.29, 0.717) is 23.6 Å². The second-order valence-electron chi connectivity index (χ2n) is 5.87. The van der Waals surface area contributed by atoms with E-state index in [4.69, 9.17) is 13.9 Å². The van der Waals surface area contributed by atoms with E-state index in [1.165, 1.54) is 11.0 Å². The number of aliphatic hydroxyl groups is 1. The number of methoxy groups -OCH3 is 1. The van der Waals surface area contributed by atoms with Crippen LogP contribution in [0.25, 0.3) is 11.0 Å². The number of rotatable bonds is 8. The lowest BCUT2D eigenvalue weighted by Crippen LogP contribution is -3.12. The van der Waals surface area contributed by atoms with Crippen LogP contribution in [-0.2, 0) is 0 Å². The summed E-state index contributed by atoms with van der Waals surface area (Å²) in [6.45, 7) is 8.70. The average molecular weight is 372 g/mol. The van der Waals surface area contributed by atoms with Crippen LogP contribution < -0.4 is 32.4 Å². The highest BCUT2D eigenvalue weighted by Gasteiger charge is 2.16. The Morgan fingerprint density at radius 3 is 2.48 bits per heavy atom. The zero-order chi connectivity index (χ0) is 17.7. The van der Waals surface area contributed by atoms with Crippen molar-refractivity contribution in [2.75, 3.05) is 33.4 Å². The normalized spacial score (nSPS) is 12.1. The van der Waals surface area contributed by atoms with Crippen molar-refractivity contribution in [3.05, 3.63) is 34.2 Å². The monoisotopic (exact) mass is 371 g/mol. The summed E-state index contributed by atoms with van der Waals surface area (Å²) in [7, 11) is 1.55. The number of quaternary nitrogens is 1. The standard InChI is InChI=1S/C18H25NO5.ClH/c1-5-19(6-2)10-13(20)11-23-17-9-15-14(8-16(17)22-4)12(3)7-18(21)24-15;/h7-9,13,20H,5-6,10-11H2,1-4H3;1H. The predicted octanol–water partition coefficient (Wildman–Crippen LogP) is -2.22. The third-order valence-corrected chi connectivity index (χ3v) is 4.19. The molecule has 0 aliphatic rings. The zero-order valence-corrected chi connectivity index (χ0v) is 15.9. The van der Waals surface area contributed by atoms with Gasteiger partial charge in [-0.05, 0) is 32.4 Å². The van der Waals surface area contributed by atoms with Crippen LogP contribution in [0.3, 0.4) is 0 Å². The van der Waals surface area contributed by atoms with Gasteiger partial charge in [0.1, 0.15) is 24.8 Å². The van der Waals surface area contributed by atoms with E-state index in [2.05, 4.69) is 13.8 Å². The molecule has 0 aliphatic carbocycles. The lowest BCUT2D eigenvalue weighted by Gasteiger charge is -2.20. The number of hydrogen-bond donors (Lipinski definition) is 2. The van der Waals surface area contributed by atoms with Crippen molar-refractivity contribution in [1.29, 1.82) is 0 Å². The van der Waals surface area contributed by atoms with Crippen LogP contribution in [0.15, 0.2) is 27.4 Å². The van der Waals surface area contributed by atoms with E-state index < -0.39 is 11.7 Å². The van der Waals surface area contributed by atoms with Gasteiger partial charge in [0, 0.05) is 17.5 Å². The van der Waals surface area contributed by atoms with Gasteiger partial charge in [0.05, 0.1) is 20.2 Å². The second kappa shape index (κ2) is 9.65. The topological polar surface area (TPSA) is 73.3 Å². The van der Waals surface area contributed by atoms with Gasteiger partial charge in [-0.25, -0.2) is 4.79 Å². The minimum Gasteiger partial charge on any atom is -1.00 e. The summed E-state index contributed by atoms with van der Waals surface area (Å²) in [6, 6.07) is 4.86. The molecule has 0 spiro atoms. The van der Waals surface area contributed by atoms with Gasteiger partial charge in [0.15, 0.2) is 11.5 Å². The van der Waals surface area contributed by atoms with Crippen LogP contribution in [0.2, 0.25) is 0 Å². The van der Waals surface area contributed by atoms with Crippen LogP contribution in [0.1, 0.15) is 19.4 Å². The first-order chi connectivity index (χ1) is 11.5. The first-order valence-corrected chi connectivity index (χ1v) is 8.25. The SMILES string of the molecule is CC[NH+](CC)CC(O)COc1cc2oc(=O)cc(C)c2cc1OC.[Cl-]. The Balaban J connectivity index is 0.00000312. The molecule has 2 rings (SSSR count). The fourth-order valence-electron chi connectivity index (χ4n) is 2.72. The zero-order valence-electron chi connectivity index (χ0n) is 15.1. The van der Waals surface area contributed by atoms with E-state index in [-0.39, 0.29) is 19.0 Å². The molecule has 0 fully saturated rings. The Bertz CT molecular complexity index is 742. The number of halogens is 1. The number of aryl methyl sites for hydroxylation is 1. The molecule has 1 heterocycles. The van der Waals surface area contributed by atoms with Crippen molar-refractivity contribution < 1.29 is 36.3 Å². The molecule has 0 saturated carbocycles. The van der Waals surface area contributed by atoms with Gasteiger partial charge in [0.2, 0.25) is 0 Å². The molecule has 0 amide bonds. The maximum atomic E-state index is 11.5. The number of ether oxygens (including phenoxy) is 2. The summed E-state index contributed by atoms with van der Waals surface area (Å²) in [6.07, 6.45) is -0.579. The first-order valence-electron chi connectivity index (χ1n) is 8.25. The molecule has 6 nitrogen and oxygen atoms in total. The number of hydrogen-bond acceptors (Lipinski definition) is 5. The van der Waals surface area contributed by atoms with Gasteiger partial charge in [-0.1, -0.05) is 0 Å². The molecule has 1 atom stereocenters. The molecular weight excluding hydrogens is 346 g/mol. The fraction of sp³-hybridized carbons (Fsp3) is 0.500. The van der Waals surface area contributed by atoms with Crippen LogP contribution in [-0.4, -0.2) is 44.6 Å². The molecule has 25 heavy (non-hydrogen) atoms. The summed E-state index contributed by atoms with van der Waals surface area (Å²) in [5.41, 5.74) is 0.859. The molecule has 0 radical (unpaired) electrons. The number of aliphatic hydroxyl groups excluding tert-OH is 1. The van der Waals surface area contributed by atoms with Crippen molar-refractivity contribution in [1.82, 2.24) is 0 Å². The Kier molecular flexibility index (Phi) is 8.22. The number of nitrogens with one attached hydrogen (secondary N) is 1. The van der Waals surface area contributed by atoms with Crippen molar-refractivity contribution in [2.24, 2.45) is 0 Å². The van der Waals surface area contributed by atoms with Gasteiger partial charge >= 0.3 is 5.63 Å². The smallest absolute Gasteiger partial charge is 0.336 e. The van der Waals surface area contributed by atoms with E-state index in [1.807, 2.05) is 6.92 Å². The molecular formula is C18H26ClNO5. The molecule has 2 N–H and O–H groups in total. The van der Waals surface area contributed by atoms with Crippen LogP contribution in [0.5, 0.6) is 11.5 Å². The summed E-state index contributed by atoms with van der Waals surface area (Å²) in [4.78, 5) is 12.8. The van der Waals surface area contributed by atoms with Crippen molar-refractivity contribution in [2.45, 2.75) is 26.9 Å². The molecule has 0 aliphatic heterocycles. The maximum Gasteiger partial charge on any atom is 0.336 e. The van der Waals surface area contributed by atoms with Gasteiger partial charge in [-0.2, -0.15) is 0 Å². The van der Waals surface area contributed by atoms with Crippen LogP contribution in [0, 0.1) is 6.92 Å². The summed E-state index contributed by atoms with van der Waals surface area (Å²) < 4.78 is 16.3. The molecule has 7 heteroatoms. The number of likely N-dealkylation sites (N-methyl/N-ethyl adjacent to an activating group) is 1. The Morgan fingerprint density at radius 1 is 1.20 bits per heavy atom. The van der Waals surface area contributed by atoms with E-state index in [9.17, 15) is 9.90 Å². The highest BCUT2D eigenvalue weighted by Crippen LogP contribution is 2.33. The van der Waals surface area contributed by atoms with Gasteiger partial charge < -0.3 is 36.3 Å². The van der Waals surface area contributed by atoms with E-state index in [1.54, 1.807) is 19.2 Å². The lowest BCUT2D eigenvalue weighted by atomic mass is 10.1. The molecule has 1 unspecified atom stereocenters. The minimum absolute atomic E-state index is 0. The maximum absolute atomic E-state index is 11.5. The molecule has 140 valence electrons. The minimum atomic E-state index is -0.579. The van der Waals surface area contributed by atoms with E-state index in [0.717, 1.165) is 24.0 Å². The molecule has 1 aromatic carbocycles. The van der Waals surface area contributed by atoms with Crippen LogP contribution >= 0.6 is 0 Å². The summed E-state index contributed by atoms with van der Waals surface area (Å²) in [5, 5.41) is 10.9. The van der Waals surface area contributed by atoms with Gasteiger partial charge in [0.25, 0.3) is 0 Å². The van der Waals surface area contributed by atoms with Crippen molar-refractivity contribution >= 4 is 11.0 Å². The number of benzene rings is 1. The second-order valence-corrected chi connectivity index (χ2v) is 5.87. The fourth-order valence-corrected chi connectivity index (χ4v) is 2.72. The molecule has 1 aromatic heterocycles. The number of fused-ring (bicyclic) bond motifs is 1. The first kappa shape index (κ1) is 21.3. The third kappa shape index (κ3) is 5.36. The highest BCUT2D eigenvalue weighted by atomic mass is 35.5. The quantitative estimate of drug-likeness (QED) is 0.514. The molecule has 0 bridgehead atoms.